The van der Waals surface area contributed by atoms with Gasteiger partial charge in [0.05, 0.1) is 0 Å². The summed E-state index contributed by atoms with van der Waals surface area (Å²) in [5.74, 6) is -0.0999. The van der Waals surface area contributed by atoms with Gasteiger partial charge in [-0.3, -0.25) is 4.79 Å². The molecule has 0 fully saturated rings. The molecule has 0 aliphatic carbocycles. The predicted molar refractivity (Wildman–Crippen MR) is 108 cm³/mol. The number of benzene rings is 1. The zero-order valence-corrected chi connectivity index (χ0v) is 16.7. The Morgan fingerprint density at radius 3 is 2.04 bits per heavy atom. The smallest absolute Gasteiger partial charge is 0.267 e. The highest BCUT2D eigenvalue weighted by Crippen LogP contribution is 2.12. The molecule has 0 atom stereocenters. The van der Waals surface area contributed by atoms with E-state index in [1.807, 2.05) is 32.0 Å². The first-order chi connectivity index (χ1) is 12.1. The van der Waals surface area contributed by atoms with Gasteiger partial charge >= 0.3 is 0 Å². The number of unbranched alkanes of at least 4 members (excludes halogenated alkanes) is 6. The van der Waals surface area contributed by atoms with Gasteiger partial charge in [-0.15, -0.1) is 0 Å². The number of hydrazone groups is 1. The second kappa shape index (κ2) is 12.7. The van der Waals surface area contributed by atoms with Crippen molar-refractivity contribution in [2.24, 2.45) is 5.10 Å². The minimum Gasteiger partial charge on any atom is -0.267 e. The minimum absolute atomic E-state index is 0.0999. The molecule has 1 aromatic carbocycles. The van der Waals surface area contributed by atoms with Crippen LogP contribution >= 0.6 is 0 Å². The largest absolute Gasteiger partial charge is 0.271 e. The second-order valence-corrected chi connectivity index (χ2v) is 7.06. The lowest BCUT2D eigenvalue weighted by molar-refractivity contribution is 0.0954. The van der Waals surface area contributed by atoms with Gasteiger partial charge in [0.1, 0.15) is 0 Å². The summed E-state index contributed by atoms with van der Waals surface area (Å²) in [5.41, 5.74) is 6.82. The van der Waals surface area contributed by atoms with Gasteiger partial charge in [0.25, 0.3) is 5.91 Å². The maximum absolute atomic E-state index is 12.4. The zero-order valence-electron chi connectivity index (χ0n) is 16.7. The number of nitrogens with one attached hydrogen (secondary N) is 1. The van der Waals surface area contributed by atoms with E-state index in [9.17, 15) is 4.79 Å². The van der Waals surface area contributed by atoms with Crippen LogP contribution in [0.25, 0.3) is 0 Å². The number of amides is 1. The molecule has 25 heavy (non-hydrogen) atoms. The van der Waals surface area contributed by atoms with Gasteiger partial charge in [0, 0.05) is 11.3 Å². The number of carbonyl (C=O) groups excluding carboxylic acids is 1. The van der Waals surface area contributed by atoms with Gasteiger partial charge in [-0.25, -0.2) is 5.43 Å². The highest BCUT2D eigenvalue weighted by molar-refractivity contribution is 5.96. The minimum atomic E-state index is -0.0999. The van der Waals surface area contributed by atoms with Crippen molar-refractivity contribution >= 4 is 11.6 Å². The van der Waals surface area contributed by atoms with E-state index in [2.05, 4.69) is 24.4 Å². The van der Waals surface area contributed by atoms with Crippen molar-refractivity contribution in [3.63, 3.8) is 0 Å². The van der Waals surface area contributed by atoms with Gasteiger partial charge < -0.3 is 0 Å². The average Bonchev–Trinajstić information content (AvgIpc) is 2.59. The number of hydrogen-bond acceptors (Lipinski definition) is 2. The lowest BCUT2D eigenvalue weighted by atomic mass is 10.0. The van der Waals surface area contributed by atoms with Gasteiger partial charge in [-0.1, -0.05) is 70.1 Å². The zero-order chi connectivity index (χ0) is 18.5. The van der Waals surface area contributed by atoms with Crippen LogP contribution in [0.5, 0.6) is 0 Å². The molecule has 0 spiro atoms. The first-order valence-electron chi connectivity index (χ1n) is 10.0. The molecule has 3 heteroatoms. The molecule has 0 aliphatic rings. The second-order valence-electron chi connectivity index (χ2n) is 7.06. The van der Waals surface area contributed by atoms with Crippen molar-refractivity contribution in [1.82, 2.24) is 5.43 Å². The van der Waals surface area contributed by atoms with Crippen molar-refractivity contribution in [3.8, 4) is 0 Å². The standard InChI is InChI=1S/C22H36N2O/c1-5-7-9-11-13-20(14-12-10-8-6-2)23-24-22(25)21-16-15-18(3)17-19(21)4/h15-17H,5-14H2,1-4H3,(H,24,25). The van der Waals surface area contributed by atoms with Gasteiger partial charge in [0.2, 0.25) is 0 Å². The quantitative estimate of drug-likeness (QED) is 0.269. The van der Waals surface area contributed by atoms with E-state index in [1.54, 1.807) is 0 Å². The van der Waals surface area contributed by atoms with Crippen molar-refractivity contribution in [2.45, 2.75) is 91.9 Å². The van der Waals surface area contributed by atoms with Crippen LogP contribution in [0, 0.1) is 13.8 Å². The molecule has 0 aromatic heterocycles. The monoisotopic (exact) mass is 344 g/mol. The van der Waals surface area contributed by atoms with Crippen molar-refractivity contribution < 1.29 is 4.79 Å². The van der Waals surface area contributed by atoms with Crippen LogP contribution in [0.3, 0.4) is 0 Å². The lowest BCUT2D eigenvalue weighted by Crippen LogP contribution is -2.21. The van der Waals surface area contributed by atoms with Crippen LogP contribution in [0.2, 0.25) is 0 Å². The summed E-state index contributed by atoms with van der Waals surface area (Å²) in [4.78, 5) is 12.4. The van der Waals surface area contributed by atoms with Crippen LogP contribution in [-0.2, 0) is 0 Å². The fourth-order valence-electron chi connectivity index (χ4n) is 3.01. The van der Waals surface area contributed by atoms with Crippen LogP contribution in [0.1, 0.15) is 99.5 Å². The summed E-state index contributed by atoms with van der Waals surface area (Å²) < 4.78 is 0. The van der Waals surface area contributed by atoms with Gasteiger partial charge in [0.15, 0.2) is 0 Å². The van der Waals surface area contributed by atoms with Crippen molar-refractivity contribution in [1.29, 1.82) is 0 Å². The van der Waals surface area contributed by atoms with E-state index in [0.29, 0.717) is 5.56 Å². The van der Waals surface area contributed by atoms with Gasteiger partial charge in [-0.05, 0) is 51.2 Å². The summed E-state index contributed by atoms with van der Waals surface area (Å²) in [5, 5.41) is 4.48. The topological polar surface area (TPSA) is 41.5 Å². The molecule has 0 heterocycles. The first kappa shape index (κ1) is 21.4. The van der Waals surface area contributed by atoms with Crippen LogP contribution in [0.4, 0.5) is 0 Å². The predicted octanol–water partition coefficient (Wildman–Crippen LogP) is 6.33. The molecule has 0 saturated carbocycles. The number of nitrogens with zero attached hydrogens (tertiary/aromatic N) is 1. The fourth-order valence-corrected chi connectivity index (χ4v) is 3.01. The molecule has 0 aliphatic heterocycles. The summed E-state index contributed by atoms with van der Waals surface area (Å²) >= 11 is 0. The molecule has 0 unspecified atom stereocenters. The molecular weight excluding hydrogens is 308 g/mol. The molecule has 0 saturated heterocycles. The van der Waals surface area contributed by atoms with Crippen LogP contribution in [-0.4, -0.2) is 11.6 Å². The number of hydrogen-bond donors (Lipinski definition) is 1. The third-order valence-electron chi connectivity index (χ3n) is 4.58. The Hall–Kier alpha value is -1.64. The third kappa shape index (κ3) is 8.85. The molecule has 140 valence electrons. The van der Waals surface area contributed by atoms with Gasteiger partial charge in [-0.2, -0.15) is 5.10 Å². The highest BCUT2D eigenvalue weighted by Gasteiger charge is 2.09. The van der Waals surface area contributed by atoms with E-state index >= 15 is 0 Å². The Balaban J connectivity index is 2.62. The fraction of sp³-hybridized carbons (Fsp3) is 0.636. The van der Waals surface area contributed by atoms with E-state index in [0.717, 1.165) is 24.1 Å². The number of aryl methyl sites for hydroxylation is 2. The molecule has 3 nitrogen and oxygen atoms in total. The van der Waals surface area contributed by atoms with E-state index < -0.39 is 0 Å². The number of rotatable bonds is 12. The Kier molecular flexibility index (Phi) is 10.9. The van der Waals surface area contributed by atoms with Crippen LogP contribution in [0.15, 0.2) is 23.3 Å². The molecule has 1 amide bonds. The Bertz CT molecular complexity index is 535. The van der Waals surface area contributed by atoms with E-state index in [4.69, 9.17) is 0 Å². The van der Waals surface area contributed by atoms with Crippen molar-refractivity contribution in [3.05, 3.63) is 34.9 Å². The average molecular weight is 345 g/mol. The lowest BCUT2D eigenvalue weighted by Gasteiger charge is -2.09. The van der Waals surface area contributed by atoms with E-state index in [-0.39, 0.29) is 5.91 Å². The normalized spacial score (nSPS) is 10.6. The maximum atomic E-state index is 12.4. The summed E-state index contributed by atoms with van der Waals surface area (Å²) in [6.07, 6.45) is 11.9. The van der Waals surface area contributed by atoms with Crippen LogP contribution < -0.4 is 5.43 Å². The molecule has 1 rings (SSSR count). The molecule has 0 bridgehead atoms. The maximum Gasteiger partial charge on any atom is 0.271 e. The summed E-state index contributed by atoms with van der Waals surface area (Å²) in [7, 11) is 0. The molecule has 1 aromatic rings. The number of carbonyl (C=O) groups is 1. The summed E-state index contributed by atoms with van der Waals surface area (Å²) in [6.45, 7) is 8.47. The van der Waals surface area contributed by atoms with Crippen molar-refractivity contribution in [2.75, 3.05) is 0 Å². The van der Waals surface area contributed by atoms with E-state index in [1.165, 1.54) is 56.9 Å². The third-order valence-corrected chi connectivity index (χ3v) is 4.58. The Morgan fingerprint density at radius 1 is 0.920 bits per heavy atom. The highest BCUT2D eigenvalue weighted by atomic mass is 16.2. The SMILES string of the molecule is CCCCCCC(CCCCCC)=NNC(=O)c1ccc(C)cc1C. The first-order valence-corrected chi connectivity index (χ1v) is 10.0. The molecule has 1 N–H and O–H groups in total. The molecule has 0 radical (unpaired) electrons. The molecular formula is C22H36N2O. The Labute approximate surface area is 154 Å². The Morgan fingerprint density at radius 2 is 1.52 bits per heavy atom. The summed E-state index contributed by atoms with van der Waals surface area (Å²) in [6, 6.07) is 5.90.